The van der Waals surface area contributed by atoms with Crippen LogP contribution in [0.3, 0.4) is 0 Å². The van der Waals surface area contributed by atoms with Gasteiger partial charge < -0.3 is 37.3 Å². The Hall–Kier alpha value is -6.16. The third-order valence-electron chi connectivity index (χ3n) is 10.5. The first-order valence-electron chi connectivity index (χ1n) is 20.0. The van der Waals surface area contributed by atoms with Gasteiger partial charge in [0.15, 0.2) is 23.2 Å². The molecule has 14 nitrogen and oxygen atoms in total. The third kappa shape index (κ3) is 17.5. The van der Waals surface area contributed by atoms with Gasteiger partial charge in [-0.05, 0) is 92.1 Å². The lowest BCUT2D eigenvalue weighted by Gasteiger charge is -2.23. The number of nitrogens with zero attached hydrogens (tertiary/aromatic N) is 1. The van der Waals surface area contributed by atoms with Crippen LogP contribution in [-0.2, 0) is 52.8 Å². The summed E-state index contributed by atoms with van der Waals surface area (Å²) < 4.78 is 27.6. The number of aliphatic imine (C=N–C) groups is 1. The van der Waals surface area contributed by atoms with Gasteiger partial charge in [-0.15, -0.1) is 0 Å². The standard InChI is InChI=1S/C45H54F2N4O10/c1-26(52)4-14-37(53)31(17-27-5-10-34(46)11-6-27)22-39(55)30(3-2-16-51-45(49)50)21-40(56)32(18-28-7-12-35(47)13-8-28)23-41(57)33(25-44(60)61)24-42(58)36(48)19-29-9-15-38(54)43(59)20-29/h5-13,15,20,30-33,36,54,59H,2-4,14,16-19,21-25,48H2,1H3,(H,60,61)(H4,49,50,51). The molecule has 0 aliphatic heterocycles. The minimum absolute atomic E-state index is 0.0458. The second-order valence-electron chi connectivity index (χ2n) is 15.5. The molecule has 3 aromatic carbocycles. The minimum Gasteiger partial charge on any atom is -0.504 e. The van der Waals surface area contributed by atoms with Gasteiger partial charge in [-0.1, -0.05) is 30.3 Å². The van der Waals surface area contributed by atoms with Crippen LogP contribution in [0.1, 0.15) is 81.4 Å². The summed E-state index contributed by atoms with van der Waals surface area (Å²) >= 11 is 0. The Balaban J connectivity index is 1.91. The van der Waals surface area contributed by atoms with Gasteiger partial charge in [-0.3, -0.25) is 33.8 Å². The Kier molecular flexibility index (Phi) is 19.5. The highest BCUT2D eigenvalue weighted by atomic mass is 19.1. The number of carbonyl (C=O) groups excluding carboxylic acids is 6. The number of hydrogen-bond acceptors (Lipinski definition) is 11. The Bertz CT molecular complexity index is 2050. The Morgan fingerprint density at radius 1 is 0.590 bits per heavy atom. The second kappa shape index (κ2) is 24.2. The highest BCUT2D eigenvalue weighted by Crippen LogP contribution is 2.29. The number of rotatable bonds is 28. The summed E-state index contributed by atoms with van der Waals surface area (Å²) in [6.07, 6.45) is -2.57. The Morgan fingerprint density at radius 3 is 1.57 bits per heavy atom. The fraction of sp³-hybridized carbons (Fsp3) is 0.422. The molecule has 328 valence electrons. The molecule has 3 rings (SSSR count). The van der Waals surface area contributed by atoms with Gasteiger partial charge in [0, 0.05) is 68.7 Å². The third-order valence-corrected chi connectivity index (χ3v) is 10.5. The first-order valence-corrected chi connectivity index (χ1v) is 20.0. The van der Waals surface area contributed by atoms with Gasteiger partial charge in [-0.2, -0.15) is 0 Å². The zero-order chi connectivity index (χ0) is 45.2. The topological polar surface area (TPSA) is 271 Å². The van der Waals surface area contributed by atoms with Gasteiger partial charge >= 0.3 is 5.97 Å². The smallest absolute Gasteiger partial charge is 0.304 e. The molecule has 0 spiro atoms. The van der Waals surface area contributed by atoms with E-state index in [1.54, 1.807) is 0 Å². The Morgan fingerprint density at radius 2 is 1.07 bits per heavy atom. The lowest BCUT2D eigenvalue weighted by molar-refractivity contribution is -0.142. The maximum atomic E-state index is 14.3. The molecule has 0 saturated heterocycles. The van der Waals surface area contributed by atoms with Gasteiger partial charge in [0.25, 0.3) is 0 Å². The number of hydrogen-bond donors (Lipinski definition) is 6. The molecule has 0 aliphatic rings. The molecular formula is C45H54F2N4O10. The quantitative estimate of drug-likeness (QED) is 0.0255. The summed E-state index contributed by atoms with van der Waals surface area (Å²) in [7, 11) is 0. The van der Waals surface area contributed by atoms with Crippen molar-refractivity contribution in [3.05, 3.63) is 95.1 Å². The molecule has 0 bridgehead atoms. The van der Waals surface area contributed by atoms with Crippen molar-refractivity contribution in [2.24, 2.45) is 45.9 Å². The Labute approximate surface area is 352 Å². The van der Waals surface area contributed by atoms with E-state index in [1.807, 2.05) is 0 Å². The molecule has 9 N–H and O–H groups in total. The van der Waals surface area contributed by atoms with E-state index < -0.39 is 102 Å². The number of carbonyl (C=O) groups is 7. The van der Waals surface area contributed by atoms with Gasteiger partial charge in [0.2, 0.25) is 0 Å². The monoisotopic (exact) mass is 848 g/mol. The molecule has 0 saturated carbocycles. The molecule has 5 unspecified atom stereocenters. The average Bonchev–Trinajstić information content (AvgIpc) is 3.19. The maximum absolute atomic E-state index is 14.3. The van der Waals surface area contributed by atoms with Crippen molar-refractivity contribution in [2.45, 2.75) is 90.0 Å². The van der Waals surface area contributed by atoms with Crippen LogP contribution < -0.4 is 17.2 Å². The number of phenols is 2. The number of carboxylic acid groups (broad SMARTS) is 1. The van der Waals surface area contributed by atoms with Crippen LogP contribution in [0.5, 0.6) is 11.5 Å². The predicted molar refractivity (Wildman–Crippen MR) is 221 cm³/mol. The zero-order valence-corrected chi connectivity index (χ0v) is 34.1. The highest BCUT2D eigenvalue weighted by Gasteiger charge is 2.34. The SMILES string of the molecule is CC(=O)CCC(=O)C(CC(=O)C(CCCN=C(N)N)CC(=O)C(CC(=O)C(CC(=O)O)CC(=O)C(N)Cc1ccc(O)c(O)c1)Cc1ccc(F)cc1)Cc1ccc(F)cc1. The van der Waals surface area contributed by atoms with Crippen LogP contribution in [0.25, 0.3) is 0 Å². The van der Waals surface area contributed by atoms with Crippen LogP contribution in [0.4, 0.5) is 8.78 Å². The zero-order valence-electron chi connectivity index (χ0n) is 34.1. The first-order chi connectivity index (χ1) is 28.8. The van der Waals surface area contributed by atoms with Crippen molar-refractivity contribution in [1.82, 2.24) is 0 Å². The van der Waals surface area contributed by atoms with Crippen LogP contribution >= 0.6 is 0 Å². The van der Waals surface area contributed by atoms with Crippen molar-refractivity contribution in [3.8, 4) is 11.5 Å². The summed E-state index contributed by atoms with van der Waals surface area (Å²) in [6, 6.07) is 13.2. The average molecular weight is 849 g/mol. The van der Waals surface area contributed by atoms with Crippen LogP contribution in [0.2, 0.25) is 0 Å². The lowest BCUT2D eigenvalue weighted by atomic mass is 9.78. The number of nitrogens with two attached hydrogens (primary N) is 3. The fourth-order valence-corrected chi connectivity index (χ4v) is 7.03. The molecule has 0 radical (unpaired) electrons. The van der Waals surface area contributed by atoms with E-state index >= 15 is 0 Å². The number of Topliss-reactive ketones (excluding diaryl/α,β-unsaturated/α-hetero) is 6. The normalized spacial score (nSPS) is 13.6. The van der Waals surface area contributed by atoms with E-state index in [4.69, 9.17) is 17.2 Å². The van der Waals surface area contributed by atoms with Crippen molar-refractivity contribution < 1.29 is 57.7 Å². The molecule has 16 heteroatoms. The number of benzene rings is 3. The van der Waals surface area contributed by atoms with Crippen molar-refractivity contribution in [1.29, 1.82) is 0 Å². The van der Waals surface area contributed by atoms with Crippen molar-refractivity contribution >= 4 is 46.6 Å². The summed E-state index contributed by atoms with van der Waals surface area (Å²) in [4.78, 5) is 96.7. The molecule has 5 atom stereocenters. The molecule has 0 aliphatic carbocycles. The molecule has 0 heterocycles. The number of aromatic hydroxyl groups is 2. The molecule has 3 aromatic rings. The number of ketones is 6. The molecular weight excluding hydrogens is 795 g/mol. The fourth-order valence-electron chi connectivity index (χ4n) is 7.03. The van der Waals surface area contributed by atoms with E-state index in [9.17, 15) is 57.7 Å². The van der Waals surface area contributed by atoms with Crippen molar-refractivity contribution in [3.63, 3.8) is 0 Å². The van der Waals surface area contributed by atoms with Crippen LogP contribution in [0, 0.1) is 35.3 Å². The highest BCUT2D eigenvalue weighted by molar-refractivity contribution is 5.97. The molecule has 61 heavy (non-hydrogen) atoms. The number of halogens is 2. The second-order valence-corrected chi connectivity index (χ2v) is 15.5. The van der Waals surface area contributed by atoms with Gasteiger partial charge in [0.05, 0.1) is 12.5 Å². The van der Waals surface area contributed by atoms with Crippen molar-refractivity contribution in [2.75, 3.05) is 6.54 Å². The summed E-state index contributed by atoms with van der Waals surface area (Å²) in [5.41, 5.74) is 18.5. The lowest BCUT2D eigenvalue weighted by Crippen LogP contribution is -2.36. The minimum atomic E-state index is -1.39. The van der Waals surface area contributed by atoms with Gasteiger partial charge in [-0.25, -0.2) is 8.78 Å². The number of guanidine groups is 1. The number of aliphatic carboxylic acids is 1. The molecule has 0 fully saturated rings. The van der Waals surface area contributed by atoms with E-state index in [1.165, 1.54) is 73.7 Å². The summed E-state index contributed by atoms with van der Waals surface area (Å²) in [6.45, 7) is 1.44. The molecule has 0 amide bonds. The first kappa shape index (κ1) is 49.2. The van der Waals surface area contributed by atoms with E-state index in [0.717, 1.165) is 0 Å². The molecule has 0 aromatic heterocycles. The summed E-state index contributed by atoms with van der Waals surface area (Å²) in [5, 5.41) is 29.2. The summed E-state index contributed by atoms with van der Waals surface area (Å²) in [5.74, 6) is -10.9. The largest absolute Gasteiger partial charge is 0.504 e. The number of carboxylic acids is 1. The number of phenolic OH excluding ortho intramolecular Hbond substituents is 2. The van der Waals surface area contributed by atoms with Crippen LogP contribution in [0.15, 0.2) is 71.7 Å². The van der Waals surface area contributed by atoms with E-state index in [-0.39, 0.29) is 81.2 Å². The van der Waals surface area contributed by atoms with E-state index in [0.29, 0.717) is 16.7 Å². The van der Waals surface area contributed by atoms with Crippen LogP contribution in [-0.4, -0.2) is 74.5 Å². The van der Waals surface area contributed by atoms with E-state index in [2.05, 4.69) is 4.99 Å². The predicted octanol–water partition coefficient (Wildman–Crippen LogP) is 4.50. The maximum Gasteiger partial charge on any atom is 0.304 e. The van der Waals surface area contributed by atoms with Gasteiger partial charge in [0.1, 0.15) is 40.6 Å².